The first-order chi connectivity index (χ1) is 8.94. The summed E-state index contributed by atoms with van der Waals surface area (Å²) in [5.74, 6) is -1.24. The van der Waals surface area contributed by atoms with Gasteiger partial charge in [0.1, 0.15) is 0 Å². The van der Waals surface area contributed by atoms with Crippen LogP contribution in [0.1, 0.15) is 19.3 Å². The van der Waals surface area contributed by atoms with E-state index in [1.807, 2.05) is 0 Å². The van der Waals surface area contributed by atoms with Crippen molar-refractivity contribution in [3.63, 3.8) is 0 Å². The largest absolute Gasteiger partial charge is 0.469 e. The van der Waals surface area contributed by atoms with Gasteiger partial charge in [-0.05, 0) is 18.1 Å². The molecule has 0 saturated heterocycles. The predicted molar refractivity (Wildman–Crippen MR) is 64.5 cm³/mol. The topological polar surface area (TPSA) is 116 Å². The fraction of sp³-hybridized carbons (Fsp3) is 0.778. The fourth-order valence-corrected chi connectivity index (χ4v) is 3.89. The lowest BCUT2D eigenvalue weighted by Gasteiger charge is -2.17. The van der Waals surface area contributed by atoms with Crippen molar-refractivity contribution in [3.05, 3.63) is 0 Å². The molecule has 0 aliphatic heterocycles. The van der Waals surface area contributed by atoms with Gasteiger partial charge < -0.3 is 4.74 Å². The molecule has 1 fully saturated rings. The Bertz CT molecular complexity index is 569. The van der Waals surface area contributed by atoms with Crippen molar-refractivity contribution in [2.24, 2.45) is 13.0 Å². The summed E-state index contributed by atoms with van der Waals surface area (Å²) in [6.07, 6.45) is 1.58. The molecule has 2 rings (SSSR count). The van der Waals surface area contributed by atoms with E-state index in [1.165, 1.54) is 14.2 Å². The van der Waals surface area contributed by atoms with Crippen LogP contribution < -0.4 is 4.72 Å². The van der Waals surface area contributed by atoms with E-state index in [0.717, 1.165) is 4.80 Å². The lowest BCUT2D eigenvalue weighted by atomic mass is 10.1. The van der Waals surface area contributed by atoms with Gasteiger partial charge in [0, 0.05) is 0 Å². The monoisotopic (exact) mass is 289 g/mol. The minimum absolute atomic E-state index is 0.0991. The van der Waals surface area contributed by atoms with Crippen molar-refractivity contribution < 1.29 is 17.9 Å². The zero-order chi connectivity index (χ0) is 14.0. The highest BCUT2D eigenvalue weighted by atomic mass is 32.2. The zero-order valence-corrected chi connectivity index (χ0v) is 11.4. The Morgan fingerprint density at radius 1 is 1.47 bits per heavy atom. The smallest absolute Gasteiger partial charge is 0.310 e. The summed E-state index contributed by atoms with van der Waals surface area (Å²) in [6, 6.07) is 0. The first-order valence-electron chi connectivity index (χ1n) is 5.77. The Labute approximate surface area is 110 Å². The molecule has 19 heavy (non-hydrogen) atoms. The van der Waals surface area contributed by atoms with Gasteiger partial charge in [0.05, 0.1) is 25.3 Å². The van der Waals surface area contributed by atoms with Crippen molar-refractivity contribution in [2.45, 2.75) is 24.5 Å². The molecule has 0 aromatic carbocycles. The van der Waals surface area contributed by atoms with Gasteiger partial charge in [-0.3, -0.25) is 4.79 Å². The number of aryl methyl sites for hydroxylation is 1. The molecule has 2 unspecified atom stereocenters. The molecule has 9 nitrogen and oxygen atoms in total. The highest BCUT2D eigenvalue weighted by molar-refractivity contribution is 7.93. The predicted octanol–water partition coefficient (Wildman–Crippen LogP) is -0.706. The maximum atomic E-state index is 12.2. The number of methoxy groups -OCH3 is 1. The first-order valence-corrected chi connectivity index (χ1v) is 7.32. The number of aromatic nitrogens is 4. The van der Waals surface area contributed by atoms with Crippen LogP contribution in [-0.2, 0) is 26.6 Å². The summed E-state index contributed by atoms with van der Waals surface area (Å²) in [5.41, 5.74) is 0. The summed E-state index contributed by atoms with van der Waals surface area (Å²) in [7, 11) is -0.956. The average molecular weight is 289 g/mol. The number of nitrogens with one attached hydrogen (secondary N) is 1. The van der Waals surface area contributed by atoms with E-state index in [9.17, 15) is 13.2 Å². The van der Waals surface area contributed by atoms with Crippen LogP contribution in [0.5, 0.6) is 0 Å². The van der Waals surface area contributed by atoms with Gasteiger partial charge >= 0.3 is 5.97 Å². The number of hydrogen-bond donors (Lipinski definition) is 1. The van der Waals surface area contributed by atoms with E-state index < -0.39 is 27.2 Å². The average Bonchev–Trinajstić information content (AvgIpc) is 2.97. The molecule has 1 aromatic heterocycles. The Kier molecular flexibility index (Phi) is 3.69. The second-order valence-corrected chi connectivity index (χ2v) is 6.25. The highest BCUT2D eigenvalue weighted by Gasteiger charge is 2.42. The van der Waals surface area contributed by atoms with E-state index in [1.54, 1.807) is 0 Å². The molecule has 0 radical (unpaired) electrons. The molecule has 1 saturated carbocycles. The lowest BCUT2D eigenvalue weighted by Crippen LogP contribution is -2.35. The maximum Gasteiger partial charge on any atom is 0.310 e. The molecule has 1 aliphatic carbocycles. The molecule has 1 N–H and O–H groups in total. The summed E-state index contributed by atoms with van der Waals surface area (Å²) in [6.45, 7) is 0. The van der Waals surface area contributed by atoms with Crippen LogP contribution in [0.4, 0.5) is 5.95 Å². The number of carbonyl (C=O) groups excluding carboxylic acids is 1. The Balaban J connectivity index is 2.17. The van der Waals surface area contributed by atoms with E-state index >= 15 is 0 Å². The van der Waals surface area contributed by atoms with E-state index in [4.69, 9.17) is 0 Å². The van der Waals surface area contributed by atoms with Crippen LogP contribution in [-0.4, -0.2) is 47.0 Å². The minimum Gasteiger partial charge on any atom is -0.469 e. The quantitative estimate of drug-likeness (QED) is 0.728. The van der Waals surface area contributed by atoms with Crippen LogP contribution in [0, 0.1) is 5.92 Å². The summed E-state index contributed by atoms with van der Waals surface area (Å²) in [5, 5.41) is 10.0. The van der Waals surface area contributed by atoms with Crippen molar-refractivity contribution >= 4 is 21.9 Å². The van der Waals surface area contributed by atoms with Crippen LogP contribution in [0.2, 0.25) is 0 Å². The van der Waals surface area contributed by atoms with Crippen molar-refractivity contribution in [3.8, 4) is 0 Å². The third-order valence-corrected chi connectivity index (χ3v) is 4.93. The molecule has 2 atom stereocenters. The molecule has 0 spiro atoms. The molecule has 0 bridgehead atoms. The van der Waals surface area contributed by atoms with Gasteiger partial charge in [0.25, 0.3) is 5.95 Å². The van der Waals surface area contributed by atoms with Gasteiger partial charge in [0.15, 0.2) is 0 Å². The lowest BCUT2D eigenvalue weighted by molar-refractivity contribution is -0.145. The number of esters is 1. The molecule has 0 amide bonds. The Morgan fingerprint density at radius 2 is 2.21 bits per heavy atom. The number of carbonyl (C=O) groups is 1. The van der Waals surface area contributed by atoms with Gasteiger partial charge in [-0.25, -0.2) is 13.1 Å². The molecule has 106 valence electrons. The number of ether oxygens (including phenoxy) is 1. The Morgan fingerprint density at radius 3 is 2.79 bits per heavy atom. The Hall–Kier alpha value is -1.71. The van der Waals surface area contributed by atoms with E-state index in [2.05, 4.69) is 24.9 Å². The van der Waals surface area contributed by atoms with Crippen molar-refractivity contribution in [1.82, 2.24) is 20.2 Å². The third-order valence-electron chi connectivity index (χ3n) is 3.10. The number of hydrogen-bond acceptors (Lipinski definition) is 7. The van der Waals surface area contributed by atoms with Crippen LogP contribution >= 0.6 is 0 Å². The minimum atomic E-state index is -3.73. The molecule has 10 heteroatoms. The summed E-state index contributed by atoms with van der Waals surface area (Å²) < 4.78 is 31.3. The van der Waals surface area contributed by atoms with E-state index in [0.29, 0.717) is 19.3 Å². The molecule has 1 heterocycles. The van der Waals surface area contributed by atoms with Crippen molar-refractivity contribution in [1.29, 1.82) is 0 Å². The summed E-state index contributed by atoms with van der Waals surface area (Å²) >= 11 is 0. The van der Waals surface area contributed by atoms with Gasteiger partial charge in [-0.15, -0.1) is 5.10 Å². The highest BCUT2D eigenvalue weighted by Crippen LogP contribution is 2.32. The fourth-order valence-electron chi connectivity index (χ4n) is 2.25. The number of tetrazole rings is 1. The molecule has 1 aromatic rings. The van der Waals surface area contributed by atoms with Crippen molar-refractivity contribution in [2.75, 3.05) is 11.8 Å². The molecule has 1 aliphatic rings. The molecular formula is C9H15N5O4S. The number of rotatable bonds is 4. The first kappa shape index (κ1) is 13.7. The second kappa shape index (κ2) is 5.11. The zero-order valence-electron chi connectivity index (χ0n) is 10.6. The van der Waals surface area contributed by atoms with Gasteiger partial charge in [-0.2, -0.15) is 4.80 Å². The van der Waals surface area contributed by atoms with Gasteiger partial charge in [0.2, 0.25) is 10.0 Å². The number of anilines is 1. The van der Waals surface area contributed by atoms with Gasteiger partial charge in [-0.1, -0.05) is 11.5 Å². The second-order valence-electron chi connectivity index (χ2n) is 4.35. The third kappa shape index (κ3) is 2.83. The summed E-state index contributed by atoms with van der Waals surface area (Å²) in [4.78, 5) is 12.7. The maximum absolute atomic E-state index is 12.2. The van der Waals surface area contributed by atoms with Crippen LogP contribution in [0.25, 0.3) is 0 Å². The number of nitrogens with zero attached hydrogens (tertiary/aromatic N) is 4. The standard InChI is InChI=1S/C9H15N5O4S/c1-14-11-9(10-13-14)12-19(16,17)7-5-3-4-6(7)8(15)18-2/h6-7H,3-5H2,1-2H3,(H,11,12). The molecular weight excluding hydrogens is 274 g/mol. The van der Waals surface area contributed by atoms with Crippen LogP contribution in [0.3, 0.4) is 0 Å². The SMILES string of the molecule is COC(=O)C1CCCC1S(=O)(=O)Nc1nnn(C)n1. The normalized spacial score (nSPS) is 23.3. The van der Waals surface area contributed by atoms with Crippen LogP contribution in [0.15, 0.2) is 0 Å². The number of sulfonamides is 1. The van der Waals surface area contributed by atoms with E-state index in [-0.39, 0.29) is 5.95 Å².